The van der Waals surface area contributed by atoms with Crippen molar-refractivity contribution in [1.29, 1.82) is 0 Å². The van der Waals surface area contributed by atoms with Crippen molar-refractivity contribution in [3.8, 4) is 11.5 Å². The van der Waals surface area contributed by atoms with Gasteiger partial charge in [0.25, 0.3) is 0 Å². The number of halogens is 3. The second kappa shape index (κ2) is 9.70. The summed E-state index contributed by atoms with van der Waals surface area (Å²) in [5, 5.41) is 0. The molecule has 0 saturated carbocycles. The van der Waals surface area contributed by atoms with E-state index in [-0.39, 0.29) is 22.7 Å². The van der Waals surface area contributed by atoms with E-state index < -0.39 is 23.8 Å². The molecule has 4 aromatic rings. The van der Waals surface area contributed by atoms with E-state index in [0.717, 1.165) is 29.3 Å². The summed E-state index contributed by atoms with van der Waals surface area (Å²) in [6, 6.07) is 27.7. The number of nitrogen functional groups attached to an aromatic ring is 1. The Morgan fingerprint density at radius 1 is 0.735 bits per heavy atom. The van der Waals surface area contributed by atoms with Gasteiger partial charge in [0.1, 0.15) is 17.1 Å². The molecular weight excluding hydrogens is 443 g/mol. The standard InChI is InChI=1S/C27H20F3NO3/c28-27(29,30)20-15-16-24(22(31)17-20)33-23-14-8-7-13-21(23)26(32)34-25(18-9-3-1-4-10-18)19-11-5-2-6-12-19/h1-17,25H,31H2. The van der Waals surface area contributed by atoms with Crippen LogP contribution in [0.4, 0.5) is 18.9 Å². The molecule has 0 radical (unpaired) electrons. The van der Waals surface area contributed by atoms with E-state index in [0.29, 0.717) is 0 Å². The number of carbonyl (C=O) groups is 1. The third-order valence-electron chi connectivity index (χ3n) is 5.09. The number of benzene rings is 4. The number of para-hydroxylation sites is 1. The summed E-state index contributed by atoms with van der Waals surface area (Å²) in [6.07, 6.45) is -5.20. The van der Waals surface area contributed by atoms with Crippen LogP contribution in [0.2, 0.25) is 0 Å². The first-order valence-electron chi connectivity index (χ1n) is 10.4. The van der Waals surface area contributed by atoms with Gasteiger partial charge in [0.2, 0.25) is 0 Å². The summed E-state index contributed by atoms with van der Waals surface area (Å²) in [4.78, 5) is 13.2. The van der Waals surface area contributed by atoms with Crippen LogP contribution in [0, 0.1) is 0 Å². The third-order valence-corrected chi connectivity index (χ3v) is 5.09. The van der Waals surface area contributed by atoms with Crippen LogP contribution < -0.4 is 10.5 Å². The molecule has 2 N–H and O–H groups in total. The zero-order valence-corrected chi connectivity index (χ0v) is 17.8. The number of hydrogen-bond acceptors (Lipinski definition) is 4. The van der Waals surface area contributed by atoms with Crippen molar-refractivity contribution in [3.63, 3.8) is 0 Å². The average molecular weight is 463 g/mol. The van der Waals surface area contributed by atoms with Gasteiger partial charge in [-0.1, -0.05) is 72.8 Å². The minimum Gasteiger partial charge on any atom is -0.454 e. The molecule has 0 amide bonds. The molecule has 0 unspecified atom stereocenters. The second-order valence-electron chi connectivity index (χ2n) is 7.46. The quantitative estimate of drug-likeness (QED) is 0.246. The van der Waals surface area contributed by atoms with Crippen molar-refractivity contribution in [1.82, 2.24) is 0 Å². The largest absolute Gasteiger partial charge is 0.454 e. The summed E-state index contributed by atoms with van der Waals surface area (Å²) in [5.74, 6) is -0.548. The van der Waals surface area contributed by atoms with E-state index in [1.165, 1.54) is 12.1 Å². The third kappa shape index (κ3) is 5.20. The Balaban J connectivity index is 1.62. The predicted octanol–water partition coefficient (Wildman–Crippen LogP) is 7.03. The van der Waals surface area contributed by atoms with E-state index in [1.807, 2.05) is 60.7 Å². The van der Waals surface area contributed by atoms with Gasteiger partial charge in [0.15, 0.2) is 6.10 Å². The maximum absolute atomic E-state index is 13.2. The van der Waals surface area contributed by atoms with Crippen molar-refractivity contribution < 1.29 is 27.4 Å². The van der Waals surface area contributed by atoms with Gasteiger partial charge in [-0.2, -0.15) is 13.2 Å². The highest BCUT2D eigenvalue weighted by atomic mass is 19.4. The van der Waals surface area contributed by atoms with Crippen molar-refractivity contribution in [2.45, 2.75) is 12.3 Å². The van der Waals surface area contributed by atoms with E-state index in [2.05, 4.69) is 0 Å². The molecule has 4 rings (SSSR count). The van der Waals surface area contributed by atoms with Gasteiger partial charge in [-0.15, -0.1) is 0 Å². The summed E-state index contributed by atoms with van der Waals surface area (Å²) < 4.78 is 50.4. The van der Waals surface area contributed by atoms with Crippen LogP contribution in [-0.4, -0.2) is 5.97 Å². The van der Waals surface area contributed by atoms with E-state index in [1.54, 1.807) is 12.1 Å². The molecule has 0 aliphatic carbocycles. The highest BCUT2D eigenvalue weighted by Crippen LogP contribution is 2.36. The lowest BCUT2D eigenvalue weighted by atomic mass is 10.0. The summed E-state index contributed by atoms with van der Waals surface area (Å²) in [6.45, 7) is 0. The Bertz CT molecular complexity index is 1240. The van der Waals surface area contributed by atoms with Gasteiger partial charge < -0.3 is 15.2 Å². The van der Waals surface area contributed by atoms with Crippen molar-refractivity contribution in [3.05, 3.63) is 125 Å². The molecule has 4 aromatic carbocycles. The Hall–Kier alpha value is -4.26. The molecule has 172 valence electrons. The monoisotopic (exact) mass is 463 g/mol. The lowest BCUT2D eigenvalue weighted by Crippen LogP contribution is -2.14. The molecule has 34 heavy (non-hydrogen) atoms. The number of ether oxygens (including phenoxy) is 2. The average Bonchev–Trinajstić information content (AvgIpc) is 2.84. The molecule has 0 aromatic heterocycles. The normalized spacial score (nSPS) is 11.3. The topological polar surface area (TPSA) is 61.5 Å². The fourth-order valence-corrected chi connectivity index (χ4v) is 3.42. The molecule has 0 heterocycles. The molecule has 0 aliphatic heterocycles. The van der Waals surface area contributed by atoms with E-state index >= 15 is 0 Å². The Labute approximate surface area is 194 Å². The van der Waals surface area contributed by atoms with Crippen LogP contribution in [0.15, 0.2) is 103 Å². The first-order valence-corrected chi connectivity index (χ1v) is 10.4. The highest BCUT2D eigenvalue weighted by Gasteiger charge is 2.31. The summed E-state index contributed by atoms with van der Waals surface area (Å²) >= 11 is 0. The highest BCUT2D eigenvalue weighted by molar-refractivity contribution is 5.93. The van der Waals surface area contributed by atoms with Gasteiger partial charge >= 0.3 is 12.1 Å². The van der Waals surface area contributed by atoms with E-state index in [4.69, 9.17) is 15.2 Å². The first-order chi connectivity index (χ1) is 16.3. The zero-order chi connectivity index (χ0) is 24.1. The first kappa shape index (κ1) is 22.9. The smallest absolute Gasteiger partial charge is 0.416 e. The van der Waals surface area contributed by atoms with Crippen LogP contribution in [-0.2, 0) is 10.9 Å². The molecule has 0 bridgehead atoms. The number of rotatable bonds is 6. The van der Waals surface area contributed by atoms with Gasteiger partial charge in [0.05, 0.1) is 11.3 Å². The van der Waals surface area contributed by atoms with Gasteiger partial charge in [-0.25, -0.2) is 4.79 Å². The predicted molar refractivity (Wildman–Crippen MR) is 123 cm³/mol. The number of alkyl halides is 3. The Morgan fingerprint density at radius 3 is 1.85 bits per heavy atom. The molecule has 0 aliphatic rings. The minimum atomic E-state index is -4.53. The zero-order valence-electron chi connectivity index (χ0n) is 17.8. The van der Waals surface area contributed by atoms with Gasteiger partial charge in [-0.3, -0.25) is 0 Å². The van der Waals surface area contributed by atoms with Gasteiger partial charge in [0, 0.05) is 0 Å². The fraction of sp³-hybridized carbons (Fsp3) is 0.0741. The molecule has 0 saturated heterocycles. The van der Waals surface area contributed by atoms with Crippen LogP contribution in [0.5, 0.6) is 11.5 Å². The lowest BCUT2D eigenvalue weighted by Gasteiger charge is -2.20. The molecule has 4 nitrogen and oxygen atoms in total. The molecule has 0 atom stereocenters. The molecule has 0 spiro atoms. The summed E-state index contributed by atoms with van der Waals surface area (Å²) in [5.41, 5.74) is 6.37. The number of esters is 1. The number of carbonyl (C=O) groups excluding carboxylic acids is 1. The Kier molecular flexibility index (Phi) is 6.54. The van der Waals surface area contributed by atoms with Gasteiger partial charge in [-0.05, 0) is 41.5 Å². The molecular formula is C27H20F3NO3. The molecule has 0 fully saturated rings. The second-order valence-corrected chi connectivity index (χ2v) is 7.46. The number of hydrogen-bond donors (Lipinski definition) is 1. The Morgan fingerprint density at radius 2 is 1.29 bits per heavy atom. The van der Waals surface area contributed by atoms with E-state index in [9.17, 15) is 18.0 Å². The minimum absolute atomic E-state index is 0.00378. The van der Waals surface area contributed by atoms with Crippen LogP contribution in [0.1, 0.15) is 33.2 Å². The van der Waals surface area contributed by atoms with Crippen molar-refractivity contribution in [2.75, 3.05) is 5.73 Å². The van der Waals surface area contributed by atoms with Crippen LogP contribution in [0.3, 0.4) is 0 Å². The lowest BCUT2D eigenvalue weighted by molar-refractivity contribution is -0.137. The van der Waals surface area contributed by atoms with Crippen LogP contribution in [0.25, 0.3) is 0 Å². The number of nitrogens with two attached hydrogens (primary N) is 1. The molecule has 7 heteroatoms. The number of anilines is 1. The SMILES string of the molecule is Nc1cc(C(F)(F)F)ccc1Oc1ccccc1C(=O)OC(c1ccccc1)c1ccccc1. The van der Waals surface area contributed by atoms with Crippen molar-refractivity contribution in [2.24, 2.45) is 0 Å². The van der Waals surface area contributed by atoms with Crippen LogP contribution >= 0.6 is 0 Å². The fourth-order valence-electron chi connectivity index (χ4n) is 3.42. The summed E-state index contributed by atoms with van der Waals surface area (Å²) in [7, 11) is 0. The van der Waals surface area contributed by atoms with Crippen molar-refractivity contribution >= 4 is 11.7 Å². The maximum atomic E-state index is 13.2. The maximum Gasteiger partial charge on any atom is 0.416 e.